The van der Waals surface area contributed by atoms with Crippen LogP contribution in [0.1, 0.15) is 49.1 Å². The monoisotopic (exact) mass is 450 g/mol. The molecule has 2 aromatic rings. The lowest BCUT2D eigenvalue weighted by Crippen LogP contribution is -2.58. The number of hydrogen-bond acceptors (Lipinski definition) is 3. The molecule has 6 heteroatoms. The molecule has 1 spiro atoms. The van der Waals surface area contributed by atoms with Crippen LogP contribution in [0.4, 0.5) is 4.39 Å². The summed E-state index contributed by atoms with van der Waals surface area (Å²) in [5.74, 6) is -0.219. The highest BCUT2D eigenvalue weighted by Crippen LogP contribution is 2.48. The van der Waals surface area contributed by atoms with Crippen LogP contribution < -0.4 is 0 Å². The Morgan fingerprint density at radius 1 is 1.06 bits per heavy atom. The third-order valence-corrected chi connectivity index (χ3v) is 8.18. The number of carbonyl (C=O) groups is 2. The number of nitrogens with zero attached hydrogens (tertiary/aromatic N) is 2. The lowest BCUT2D eigenvalue weighted by Gasteiger charge is -2.46. The molecule has 3 aliphatic heterocycles. The van der Waals surface area contributed by atoms with Crippen molar-refractivity contribution in [1.29, 1.82) is 0 Å². The largest absolute Gasteiger partial charge is 0.381 e. The zero-order valence-corrected chi connectivity index (χ0v) is 19.1. The number of carbonyl (C=O) groups excluding carboxylic acids is 2. The van der Waals surface area contributed by atoms with E-state index in [9.17, 15) is 14.0 Å². The molecular formula is C27H31FN2O3. The van der Waals surface area contributed by atoms with Crippen molar-refractivity contribution >= 4 is 11.8 Å². The molecule has 0 saturated carbocycles. The van der Waals surface area contributed by atoms with Gasteiger partial charge in [0.1, 0.15) is 5.82 Å². The van der Waals surface area contributed by atoms with E-state index >= 15 is 0 Å². The SMILES string of the molecule is CN1C(=O)CCC[C@]12CN(C(=O)C1(c3ccccc3)CCOCC1)C[C@H]2c1cccc(F)c1. The Morgan fingerprint density at radius 2 is 1.82 bits per heavy atom. The molecule has 3 saturated heterocycles. The molecule has 0 bridgehead atoms. The maximum atomic E-state index is 14.3. The number of hydrogen-bond donors (Lipinski definition) is 0. The number of halogens is 1. The Labute approximate surface area is 194 Å². The molecule has 174 valence electrons. The van der Waals surface area contributed by atoms with Gasteiger partial charge in [-0.05, 0) is 48.9 Å². The van der Waals surface area contributed by atoms with Crippen LogP contribution in [0.2, 0.25) is 0 Å². The summed E-state index contributed by atoms with van der Waals surface area (Å²) >= 11 is 0. The minimum atomic E-state index is -0.630. The van der Waals surface area contributed by atoms with E-state index in [-0.39, 0.29) is 23.5 Å². The van der Waals surface area contributed by atoms with Gasteiger partial charge in [0.2, 0.25) is 11.8 Å². The van der Waals surface area contributed by atoms with Gasteiger partial charge >= 0.3 is 0 Å². The Morgan fingerprint density at radius 3 is 2.55 bits per heavy atom. The van der Waals surface area contributed by atoms with Crippen molar-refractivity contribution in [3.8, 4) is 0 Å². The Balaban J connectivity index is 1.55. The Bertz CT molecular complexity index is 1040. The summed E-state index contributed by atoms with van der Waals surface area (Å²) in [7, 11) is 1.85. The predicted octanol–water partition coefficient (Wildman–Crippen LogP) is 3.88. The summed E-state index contributed by atoms with van der Waals surface area (Å²) in [6.45, 7) is 2.05. The van der Waals surface area contributed by atoms with E-state index in [1.54, 1.807) is 12.1 Å². The molecule has 33 heavy (non-hydrogen) atoms. The van der Waals surface area contributed by atoms with E-state index in [2.05, 4.69) is 0 Å². The van der Waals surface area contributed by atoms with Crippen LogP contribution in [0, 0.1) is 5.82 Å². The van der Waals surface area contributed by atoms with Crippen LogP contribution in [0.3, 0.4) is 0 Å². The van der Waals surface area contributed by atoms with Crippen molar-refractivity contribution in [2.24, 2.45) is 0 Å². The topological polar surface area (TPSA) is 49.9 Å². The molecular weight excluding hydrogens is 419 g/mol. The van der Waals surface area contributed by atoms with Crippen molar-refractivity contribution in [3.05, 3.63) is 71.5 Å². The van der Waals surface area contributed by atoms with Crippen molar-refractivity contribution < 1.29 is 18.7 Å². The number of likely N-dealkylation sites (tertiary alicyclic amines) is 2. The Kier molecular flexibility index (Phi) is 5.73. The molecule has 2 atom stereocenters. The summed E-state index contributed by atoms with van der Waals surface area (Å²) < 4.78 is 19.8. The van der Waals surface area contributed by atoms with E-state index in [0.717, 1.165) is 24.0 Å². The number of rotatable bonds is 3. The molecule has 3 heterocycles. The van der Waals surface area contributed by atoms with Gasteiger partial charge in [0.05, 0.1) is 11.0 Å². The van der Waals surface area contributed by atoms with Gasteiger partial charge < -0.3 is 14.5 Å². The number of benzene rings is 2. The first-order valence-electron chi connectivity index (χ1n) is 11.9. The average molecular weight is 451 g/mol. The molecule has 3 fully saturated rings. The highest BCUT2D eigenvalue weighted by atomic mass is 19.1. The van der Waals surface area contributed by atoms with E-state index in [0.29, 0.717) is 45.6 Å². The predicted molar refractivity (Wildman–Crippen MR) is 123 cm³/mol. The molecule has 0 aliphatic carbocycles. The van der Waals surface area contributed by atoms with Gasteiger partial charge in [-0.25, -0.2) is 4.39 Å². The molecule has 2 aromatic carbocycles. The van der Waals surface area contributed by atoms with E-state index in [1.165, 1.54) is 6.07 Å². The lowest BCUT2D eigenvalue weighted by molar-refractivity contribution is -0.144. The van der Waals surface area contributed by atoms with Crippen LogP contribution in [-0.4, -0.2) is 60.5 Å². The number of ether oxygens (including phenoxy) is 1. The first-order chi connectivity index (χ1) is 16.0. The number of piperidine rings is 1. The molecule has 5 nitrogen and oxygen atoms in total. The second kappa shape index (κ2) is 8.56. The smallest absolute Gasteiger partial charge is 0.233 e. The van der Waals surface area contributed by atoms with Gasteiger partial charge in [0.25, 0.3) is 0 Å². The number of likely N-dealkylation sites (N-methyl/N-ethyl adjacent to an activating group) is 1. The van der Waals surface area contributed by atoms with Gasteiger partial charge in [0, 0.05) is 45.7 Å². The zero-order valence-electron chi connectivity index (χ0n) is 19.1. The maximum absolute atomic E-state index is 14.3. The second-order valence-electron chi connectivity index (χ2n) is 9.76. The van der Waals surface area contributed by atoms with Gasteiger partial charge in [-0.2, -0.15) is 0 Å². The molecule has 0 unspecified atom stereocenters. The lowest BCUT2D eigenvalue weighted by atomic mass is 9.73. The highest BCUT2D eigenvalue weighted by molar-refractivity contribution is 5.89. The Hall–Kier alpha value is -2.73. The van der Waals surface area contributed by atoms with Crippen molar-refractivity contribution in [2.45, 2.75) is 49.0 Å². The number of amides is 2. The fraction of sp³-hybridized carbons (Fsp3) is 0.481. The van der Waals surface area contributed by atoms with E-state index in [1.807, 2.05) is 53.2 Å². The molecule has 0 N–H and O–H groups in total. The van der Waals surface area contributed by atoms with Crippen LogP contribution >= 0.6 is 0 Å². The van der Waals surface area contributed by atoms with Gasteiger partial charge in [0.15, 0.2) is 0 Å². The summed E-state index contributed by atoms with van der Waals surface area (Å²) in [6, 6.07) is 16.7. The van der Waals surface area contributed by atoms with Crippen LogP contribution in [-0.2, 0) is 19.7 Å². The quantitative estimate of drug-likeness (QED) is 0.713. The fourth-order valence-corrected chi connectivity index (χ4v) is 6.32. The van der Waals surface area contributed by atoms with Crippen molar-refractivity contribution in [3.63, 3.8) is 0 Å². The molecule has 0 radical (unpaired) electrons. The van der Waals surface area contributed by atoms with Gasteiger partial charge in [-0.15, -0.1) is 0 Å². The first-order valence-corrected chi connectivity index (χ1v) is 11.9. The molecule has 5 rings (SSSR count). The van der Waals surface area contributed by atoms with Crippen LogP contribution in [0.5, 0.6) is 0 Å². The third-order valence-electron chi connectivity index (χ3n) is 8.18. The zero-order chi connectivity index (χ0) is 23.1. The molecule has 3 aliphatic rings. The molecule has 0 aromatic heterocycles. The van der Waals surface area contributed by atoms with Crippen LogP contribution in [0.15, 0.2) is 54.6 Å². The van der Waals surface area contributed by atoms with E-state index < -0.39 is 11.0 Å². The normalized spacial score (nSPS) is 27.2. The van der Waals surface area contributed by atoms with Crippen LogP contribution in [0.25, 0.3) is 0 Å². The summed E-state index contributed by atoms with van der Waals surface area (Å²) in [4.78, 5) is 30.9. The first kappa shape index (κ1) is 22.1. The second-order valence-corrected chi connectivity index (χ2v) is 9.76. The van der Waals surface area contributed by atoms with Gasteiger partial charge in [-0.1, -0.05) is 42.5 Å². The average Bonchev–Trinajstić information content (AvgIpc) is 3.23. The van der Waals surface area contributed by atoms with Crippen molar-refractivity contribution in [2.75, 3.05) is 33.4 Å². The summed E-state index contributed by atoms with van der Waals surface area (Å²) in [5, 5.41) is 0. The fourth-order valence-electron chi connectivity index (χ4n) is 6.32. The molecule has 2 amide bonds. The van der Waals surface area contributed by atoms with E-state index in [4.69, 9.17) is 4.74 Å². The standard InChI is InChI=1S/C27H31FN2O3/c1-29-24(31)11-6-12-27(29)19-30(18-23(27)20-7-5-10-22(28)17-20)25(32)26(13-15-33-16-14-26)21-8-3-2-4-9-21/h2-5,7-10,17,23H,6,11-16,18-19H2,1H3/t23-,27+/m0/s1. The highest BCUT2D eigenvalue weighted by Gasteiger charge is 2.56. The maximum Gasteiger partial charge on any atom is 0.233 e. The summed E-state index contributed by atoms with van der Waals surface area (Å²) in [6.07, 6.45) is 3.39. The summed E-state index contributed by atoms with van der Waals surface area (Å²) in [5.41, 5.74) is 0.735. The van der Waals surface area contributed by atoms with Gasteiger partial charge in [-0.3, -0.25) is 9.59 Å². The third kappa shape index (κ3) is 3.65. The minimum Gasteiger partial charge on any atom is -0.381 e. The minimum absolute atomic E-state index is 0.0980. The van der Waals surface area contributed by atoms with Crippen molar-refractivity contribution in [1.82, 2.24) is 9.80 Å².